The molecule has 3 nitrogen and oxygen atoms in total. The summed E-state index contributed by atoms with van der Waals surface area (Å²) in [6, 6.07) is 5.54. The van der Waals surface area contributed by atoms with Crippen LogP contribution in [-0.4, -0.2) is 19.1 Å². The molecule has 0 saturated carbocycles. The standard InChI is InChI=1S/C13H18ClNO2/c1-4-10(5-2)15-12-7-6-9(14)8-11(12)13(16)17-3/h6-8,10,15H,4-5H2,1-3H3. The van der Waals surface area contributed by atoms with Gasteiger partial charge < -0.3 is 10.1 Å². The lowest BCUT2D eigenvalue weighted by Gasteiger charge is -2.18. The van der Waals surface area contributed by atoms with Crippen LogP contribution in [0.3, 0.4) is 0 Å². The molecule has 1 aromatic carbocycles. The average molecular weight is 256 g/mol. The molecule has 0 amide bonds. The molecule has 1 aromatic rings. The molecule has 0 fully saturated rings. The minimum Gasteiger partial charge on any atom is -0.465 e. The maximum Gasteiger partial charge on any atom is 0.340 e. The van der Waals surface area contributed by atoms with Crippen molar-refractivity contribution < 1.29 is 9.53 Å². The lowest BCUT2D eigenvalue weighted by Crippen LogP contribution is -2.19. The van der Waals surface area contributed by atoms with Gasteiger partial charge in [0.1, 0.15) is 0 Å². The summed E-state index contributed by atoms with van der Waals surface area (Å²) in [6.07, 6.45) is 2.00. The predicted molar refractivity (Wildman–Crippen MR) is 70.8 cm³/mol. The smallest absolute Gasteiger partial charge is 0.340 e. The van der Waals surface area contributed by atoms with Gasteiger partial charge in [-0.1, -0.05) is 25.4 Å². The van der Waals surface area contributed by atoms with Gasteiger partial charge in [-0.15, -0.1) is 0 Å². The third-order valence-corrected chi connectivity index (χ3v) is 2.97. The van der Waals surface area contributed by atoms with Crippen molar-refractivity contribution in [3.8, 4) is 0 Å². The fourth-order valence-electron chi connectivity index (χ4n) is 1.63. The van der Waals surface area contributed by atoms with Gasteiger partial charge in [-0.25, -0.2) is 4.79 Å². The van der Waals surface area contributed by atoms with Crippen molar-refractivity contribution in [2.75, 3.05) is 12.4 Å². The highest BCUT2D eigenvalue weighted by atomic mass is 35.5. The monoisotopic (exact) mass is 255 g/mol. The summed E-state index contributed by atoms with van der Waals surface area (Å²) in [7, 11) is 1.37. The number of carbonyl (C=O) groups is 1. The Balaban J connectivity index is 3.01. The van der Waals surface area contributed by atoms with Crippen LogP contribution in [0.25, 0.3) is 0 Å². The third kappa shape index (κ3) is 3.63. The molecule has 0 radical (unpaired) electrons. The third-order valence-electron chi connectivity index (χ3n) is 2.73. The van der Waals surface area contributed by atoms with Gasteiger partial charge in [-0.3, -0.25) is 0 Å². The van der Waals surface area contributed by atoms with Crippen LogP contribution in [0.5, 0.6) is 0 Å². The Morgan fingerprint density at radius 1 is 1.41 bits per heavy atom. The number of esters is 1. The first kappa shape index (κ1) is 13.8. The molecule has 1 rings (SSSR count). The Bertz CT molecular complexity index is 389. The second-order valence-electron chi connectivity index (χ2n) is 3.84. The minimum atomic E-state index is -0.374. The summed E-state index contributed by atoms with van der Waals surface area (Å²) < 4.78 is 4.74. The number of nitrogens with one attached hydrogen (secondary N) is 1. The van der Waals surface area contributed by atoms with Crippen molar-refractivity contribution in [3.63, 3.8) is 0 Å². The molecule has 0 heterocycles. The van der Waals surface area contributed by atoms with Crippen molar-refractivity contribution in [1.82, 2.24) is 0 Å². The molecular weight excluding hydrogens is 238 g/mol. The zero-order valence-corrected chi connectivity index (χ0v) is 11.2. The lowest BCUT2D eigenvalue weighted by molar-refractivity contribution is 0.0602. The van der Waals surface area contributed by atoms with E-state index in [1.165, 1.54) is 7.11 Å². The van der Waals surface area contributed by atoms with E-state index < -0.39 is 0 Å². The molecule has 0 aliphatic carbocycles. The van der Waals surface area contributed by atoms with Gasteiger partial charge in [-0.2, -0.15) is 0 Å². The van der Waals surface area contributed by atoms with Crippen LogP contribution in [0.1, 0.15) is 37.0 Å². The highest BCUT2D eigenvalue weighted by Gasteiger charge is 2.14. The molecule has 1 N–H and O–H groups in total. The second kappa shape index (κ2) is 6.50. The SMILES string of the molecule is CCC(CC)Nc1ccc(Cl)cc1C(=O)OC. The first-order valence-electron chi connectivity index (χ1n) is 5.76. The van der Waals surface area contributed by atoms with Crippen molar-refractivity contribution >= 4 is 23.3 Å². The fraction of sp³-hybridized carbons (Fsp3) is 0.462. The maximum atomic E-state index is 11.6. The van der Waals surface area contributed by atoms with Crippen LogP contribution >= 0.6 is 11.6 Å². The molecule has 17 heavy (non-hydrogen) atoms. The van der Waals surface area contributed by atoms with Gasteiger partial charge >= 0.3 is 5.97 Å². The molecule has 0 spiro atoms. The number of ether oxygens (including phenoxy) is 1. The molecule has 94 valence electrons. The molecule has 0 atom stereocenters. The first-order chi connectivity index (χ1) is 8.12. The molecule has 0 aliphatic heterocycles. The van der Waals surface area contributed by atoms with Gasteiger partial charge in [0.2, 0.25) is 0 Å². The van der Waals surface area contributed by atoms with Crippen LogP contribution in [0.4, 0.5) is 5.69 Å². The van der Waals surface area contributed by atoms with Crippen molar-refractivity contribution in [2.24, 2.45) is 0 Å². The Labute approximate surface area is 107 Å². The van der Waals surface area contributed by atoms with Crippen LogP contribution < -0.4 is 5.32 Å². The van der Waals surface area contributed by atoms with Crippen LogP contribution in [-0.2, 0) is 4.74 Å². The number of benzene rings is 1. The summed E-state index contributed by atoms with van der Waals surface area (Å²) in [5, 5.41) is 3.86. The van der Waals surface area contributed by atoms with Crippen LogP contribution in [0.15, 0.2) is 18.2 Å². The molecule has 0 unspecified atom stereocenters. The Hall–Kier alpha value is -1.22. The summed E-state index contributed by atoms with van der Waals surface area (Å²) in [6.45, 7) is 4.21. The van der Waals surface area contributed by atoms with Crippen molar-refractivity contribution in [3.05, 3.63) is 28.8 Å². The predicted octanol–water partition coefficient (Wildman–Crippen LogP) is 3.73. The summed E-state index contributed by atoms with van der Waals surface area (Å²) in [5.74, 6) is -0.374. The van der Waals surface area contributed by atoms with Gasteiger partial charge in [0, 0.05) is 16.8 Å². The normalized spacial score (nSPS) is 10.4. The van der Waals surface area contributed by atoms with Crippen molar-refractivity contribution in [2.45, 2.75) is 32.7 Å². The van der Waals surface area contributed by atoms with E-state index in [4.69, 9.17) is 16.3 Å². The highest BCUT2D eigenvalue weighted by Crippen LogP contribution is 2.23. The molecular formula is C13H18ClNO2. The summed E-state index contributed by atoms with van der Waals surface area (Å²) >= 11 is 5.89. The number of hydrogen-bond donors (Lipinski definition) is 1. The Morgan fingerprint density at radius 2 is 2.06 bits per heavy atom. The molecule has 4 heteroatoms. The molecule has 0 bridgehead atoms. The first-order valence-corrected chi connectivity index (χ1v) is 6.14. The number of methoxy groups -OCH3 is 1. The van der Waals surface area contributed by atoms with E-state index in [1.807, 2.05) is 6.07 Å². The number of carbonyl (C=O) groups excluding carboxylic acids is 1. The highest BCUT2D eigenvalue weighted by molar-refractivity contribution is 6.31. The number of hydrogen-bond acceptors (Lipinski definition) is 3. The van der Waals surface area contributed by atoms with Crippen molar-refractivity contribution in [1.29, 1.82) is 0 Å². The molecule has 0 saturated heterocycles. The molecule has 0 aliphatic rings. The zero-order chi connectivity index (χ0) is 12.8. The lowest BCUT2D eigenvalue weighted by atomic mass is 10.1. The van der Waals surface area contributed by atoms with E-state index in [2.05, 4.69) is 19.2 Å². The van der Waals surface area contributed by atoms with E-state index in [0.29, 0.717) is 16.6 Å². The maximum absolute atomic E-state index is 11.6. The fourth-order valence-corrected chi connectivity index (χ4v) is 1.81. The van der Waals surface area contributed by atoms with E-state index >= 15 is 0 Å². The quantitative estimate of drug-likeness (QED) is 0.815. The van der Waals surface area contributed by atoms with Crippen LogP contribution in [0.2, 0.25) is 5.02 Å². The largest absolute Gasteiger partial charge is 0.465 e. The van der Waals surface area contributed by atoms with Gasteiger partial charge in [-0.05, 0) is 31.0 Å². The van der Waals surface area contributed by atoms with Gasteiger partial charge in [0.25, 0.3) is 0 Å². The average Bonchev–Trinajstić information content (AvgIpc) is 2.36. The van der Waals surface area contributed by atoms with E-state index in [0.717, 1.165) is 18.5 Å². The summed E-state index contributed by atoms with van der Waals surface area (Å²) in [4.78, 5) is 11.6. The van der Waals surface area contributed by atoms with Gasteiger partial charge in [0.15, 0.2) is 0 Å². The minimum absolute atomic E-state index is 0.347. The van der Waals surface area contributed by atoms with E-state index in [1.54, 1.807) is 12.1 Å². The Morgan fingerprint density at radius 3 is 2.59 bits per heavy atom. The van der Waals surface area contributed by atoms with Gasteiger partial charge in [0.05, 0.1) is 12.7 Å². The number of rotatable bonds is 5. The second-order valence-corrected chi connectivity index (χ2v) is 4.28. The topological polar surface area (TPSA) is 38.3 Å². The summed E-state index contributed by atoms with van der Waals surface area (Å²) in [5.41, 5.74) is 1.25. The zero-order valence-electron chi connectivity index (χ0n) is 10.4. The van der Waals surface area contributed by atoms with E-state index in [9.17, 15) is 4.79 Å². The van der Waals surface area contributed by atoms with Crippen LogP contribution in [0, 0.1) is 0 Å². The molecule has 0 aromatic heterocycles. The number of halogens is 1. The van der Waals surface area contributed by atoms with E-state index in [-0.39, 0.29) is 5.97 Å². The number of anilines is 1. The Kier molecular flexibility index (Phi) is 5.29.